The van der Waals surface area contributed by atoms with Crippen LogP contribution in [-0.4, -0.2) is 28.1 Å². The van der Waals surface area contributed by atoms with Crippen LogP contribution < -0.4 is 0 Å². The number of aliphatic hydroxyl groups excluding tert-OH is 2. The van der Waals surface area contributed by atoms with Crippen LogP contribution in [0.3, 0.4) is 0 Å². The van der Waals surface area contributed by atoms with Crippen molar-refractivity contribution in [3.63, 3.8) is 0 Å². The zero-order chi connectivity index (χ0) is 16.6. The van der Waals surface area contributed by atoms with Crippen molar-refractivity contribution >= 4 is 0 Å². The molecule has 0 saturated heterocycles. The molecule has 2 N–H and O–H groups in total. The van der Waals surface area contributed by atoms with E-state index in [1.807, 2.05) is 0 Å². The third-order valence-electron chi connectivity index (χ3n) is 8.33. The summed E-state index contributed by atoms with van der Waals surface area (Å²) in [5, 5.41) is 20.6. The molecular weight excluding hydrogens is 291 g/mol. The number of halogens is 1. The molecule has 0 aliphatic heterocycles. The minimum atomic E-state index is -1.44. The van der Waals surface area contributed by atoms with Crippen molar-refractivity contribution in [2.45, 2.75) is 83.6 Å². The highest BCUT2D eigenvalue weighted by molar-refractivity contribution is 5.26. The fraction of sp³-hybridized carbons (Fsp3) is 0.900. The number of hydrogen-bond donors (Lipinski definition) is 2. The van der Waals surface area contributed by atoms with E-state index in [1.54, 1.807) is 6.92 Å². The van der Waals surface area contributed by atoms with E-state index in [4.69, 9.17) is 0 Å². The molecule has 2 nitrogen and oxygen atoms in total. The van der Waals surface area contributed by atoms with Crippen molar-refractivity contribution in [3.05, 3.63) is 11.6 Å². The average Bonchev–Trinajstić information content (AvgIpc) is 2.68. The summed E-state index contributed by atoms with van der Waals surface area (Å²) in [4.78, 5) is 0. The molecule has 0 heterocycles. The highest BCUT2D eigenvalue weighted by atomic mass is 19.1. The number of rotatable bonds is 0. The Morgan fingerprint density at radius 2 is 1.83 bits per heavy atom. The molecule has 0 aromatic rings. The zero-order valence-corrected chi connectivity index (χ0v) is 14.7. The lowest BCUT2D eigenvalue weighted by atomic mass is 9.48. The van der Waals surface area contributed by atoms with E-state index in [2.05, 4.69) is 19.9 Å². The van der Waals surface area contributed by atoms with Crippen molar-refractivity contribution in [1.82, 2.24) is 0 Å². The van der Waals surface area contributed by atoms with Gasteiger partial charge in [-0.1, -0.05) is 25.5 Å². The Bertz CT molecular complexity index is 542. The molecule has 0 aromatic heterocycles. The van der Waals surface area contributed by atoms with Crippen molar-refractivity contribution < 1.29 is 14.6 Å². The second-order valence-corrected chi connectivity index (χ2v) is 9.59. The molecule has 3 saturated carbocycles. The normalized spacial score (nSPS) is 58.9. The van der Waals surface area contributed by atoms with Gasteiger partial charge in [0.2, 0.25) is 0 Å². The molecule has 8 atom stereocenters. The van der Waals surface area contributed by atoms with Gasteiger partial charge in [0.15, 0.2) is 0 Å². The molecule has 2 unspecified atom stereocenters. The summed E-state index contributed by atoms with van der Waals surface area (Å²) in [6.45, 7) is 6.10. The molecule has 4 aliphatic carbocycles. The third kappa shape index (κ3) is 2.05. The Balaban J connectivity index is 1.70. The maximum absolute atomic E-state index is 14.9. The SMILES string of the molecule is C[C@]1(F)C[C@H]2[C@@H]3CC=C4CC(O)CC[C@]4(C)[C@H]3CC[C@]2(C)C1O. The Labute approximate surface area is 139 Å². The largest absolute Gasteiger partial charge is 0.393 e. The van der Waals surface area contributed by atoms with Gasteiger partial charge >= 0.3 is 0 Å². The van der Waals surface area contributed by atoms with Crippen molar-refractivity contribution in [1.29, 1.82) is 0 Å². The lowest BCUT2D eigenvalue weighted by Crippen LogP contribution is -2.51. The number of alkyl halides is 1. The minimum absolute atomic E-state index is 0.179. The number of aliphatic hydroxyl groups is 2. The fourth-order valence-corrected chi connectivity index (χ4v) is 6.94. The Morgan fingerprint density at radius 1 is 1.09 bits per heavy atom. The lowest BCUT2D eigenvalue weighted by Gasteiger charge is -2.57. The predicted molar refractivity (Wildman–Crippen MR) is 88.6 cm³/mol. The molecule has 0 radical (unpaired) electrons. The summed E-state index contributed by atoms with van der Waals surface area (Å²) in [7, 11) is 0. The van der Waals surface area contributed by atoms with Gasteiger partial charge in [-0.15, -0.1) is 0 Å². The average molecular weight is 322 g/mol. The number of fused-ring (bicyclic) bond motifs is 5. The Kier molecular flexibility index (Phi) is 3.37. The van der Waals surface area contributed by atoms with Gasteiger partial charge in [-0.25, -0.2) is 4.39 Å². The maximum atomic E-state index is 14.9. The summed E-state index contributed by atoms with van der Waals surface area (Å²) < 4.78 is 14.9. The van der Waals surface area contributed by atoms with E-state index in [9.17, 15) is 14.6 Å². The molecule has 4 rings (SSSR count). The summed E-state index contributed by atoms with van der Waals surface area (Å²) in [5.74, 6) is 1.37. The molecule has 0 spiro atoms. The molecule has 3 fully saturated rings. The van der Waals surface area contributed by atoms with Crippen LogP contribution in [0.1, 0.15) is 65.7 Å². The highest BCUT2D eigenvalue weighted by Gasteiger charge is 2.64. The quantitative estimate of drug-likeness (QED) is 0.662. The summed E-state index contributed by atoms with van der Waals surface area (Å²) in [5.41, 5.74) is -0.0747. The van der Waals surface area contributed by atoms with Crippen LogP contribution in [0.4, 0.5) is 4.39 Å². The van der Waals surface area contributed by atoms with Crippen molar-refractivity contribution in [2.24, 2.45) is 28.6 Å². The van der Waals surface area contributed by atoms with Crippen LogP contribution in [-0.2, 0) is 0 Å². The zero-order valence-electron chi connectivity index (χ0n) is 14.7. The van der Waals surface area contributed by atoms with Crippen LogP contribution in [0.25, 0.3) is 0 Å². The summed E-state index contributed by atoms with van der Waals surface area (Å²) in [6.07, 6.45) is 7.66. The summed E-state index contributed by atoms with van der Waals surface area (Å²) >= 11 is 0. The molecule has 0 amide bonds. The van der Waals surface area contributed by atoms with Gasteiger partial charge in [-0.2, -0.15) is 0 Å². The molecule has 23 heavy (non-hydrogen) atoms. The topological polar surface area (TPSA) is 40.5 Å². The van der Waals surface area contributed by atoms with Crippen LogP contribution >= 0.6 is 0 Å². The first-order valence-corrected chi connectivity index (χ1v) is 9.43. The van der Waals surface area contributed by atoms with Gasteiger partial charge in [0.05, 0.1) is 12.2 Å². The van der Waals surface area contributed by atoms with Crippen molar-refractivity contribution in [2.75, 3.05) is 0 Å². The van der Waals surface area contributed by atoms with Gasteiger partial charge in [-0.3, -0.25) is 0 Å². The second kappa shape index (κ2) is 4.82. The van der Waals surface area contributed by atoms with Gasteiger partial charge < -0.3 is 10.2 Å². The van der Waals surface area contributed by atoms with Crippen LogP contribution in [0.5, 0.6) is 0 Å². The highest BCUT2D eigenvalue weighted by Crippen LogP contribution is 2.66. The van der Waals surface area contributed by atoms with Crippen LogP contribution in [0, 0.1) is 28.6 Å². The molecular formula is C20H31FO2. The third-order valence-corrected chi connectivity index (χ3v) is 8.33. The first-order chi connectivity index (χ1) is 10.7. The van der Waals surface area contributed by atoms with Crippen LogP contribution in [0.2, 0.25) is 0 Å². The lowest BCUT2D eigenvalue weighted by molar-refractivity contribution is -0.0859. The molecule has 0 bridgehead atoms. The fourth-order valence-electron chi connectivity index (χ4n) is 6.94. The minimum Gasteiger partial charge on any atom is -0.393 e. The smallest absolute Gasteiger partial charge is 0.134 e. The monoisotopic (exact) mass is 322 g/mol. The predicted octanol–water partition coefficient (Wildman–Crippen LogP) is 4.01. The summed E-state index contributed by atoms with van der Waals surface area (Å²) in [6, 6.07) is 0. The standard InChI is InChI=1S/C20H31FO2/c1-18-8-6-13(22)10-12(18)4-5-14-15(18)7-9-19(2)16(14)11-20(3,21)17(19)23/h4,13-17,22-23H,5-11H2,1-3H3/t13?,14-,15+,16+,17?,18+,19+,20+/m1/s1. The molecule has 130 valence electrons. The van der Waals surface area contributed by atoms with Crippen LogP contribution in [0.15, 0.2) is 11.6 Å². The number of allylic oxidation sites excluding steroid dienone is 1. The van der Waals surface area contributed by atoms with E-state index in [0.717, 1.165) is 38.5 Å². The Hall–Kier alpha value is -0.410. The first kappa shape index (κ1) is 16.1. The Morgan fingerprint density at radius 3 is 2.57 bits per heavy atom. The van der Waals surface area contributed by atoms with E-state index in [1.165, 1.54) is 5.57 Å². The first-order valence-electron chi connectivity index (χ1n) is 9.43. The van der Waals surface area contributed by atoms with Gasteiger partial charge in [-0.05, 0) is 80.5 Å². The van der Waals surface area contributed by atoms with E-state index >= 15 is 0 Å². The van der Waals surface area contributed by atoms with E-state index in [0.29, 0.717) is 18.3 Å². The maximum Gasteiger partial charge on any atom is 0.134 e. The van der Waals surface area contributed by atoms with E-state index in [-0.39, 0.29) is 22.9 Å². The molecule has 4 aliphatic rings. The van der Waals surface area contributed by atoms with Gasteiger partial charge in [0, 0.05) is 0 Å². The second-order valence-electron chi connectivity index (χ2n) is 9.59. The van der Waals surface area contributed by atoms with Crippen molar-refractivity contribution in [3.8, 4) is 0 Å². The van der Waals surface area contributed by atoms with E-state index < -0.39 is 11.8 Å². The molecule has 0 aromatic carbocycles. The van der Waals surface area contributed by atoms with Gasteiger partial charge in [0.25, 0.3) is 0 Å². The molecule has 3 heteroatoms. The van der Waals surface area contributed by atoms with Gasteiger partial charge in [0.1, 0.15) is 5.67 Å². The number of hydrogen-bond acceptors (Lipinski definition) is 2.